The first-order valence-electron chi connectivity index (χ1n) is 7.85. The van der Waals surface area contributed by atoms with Crippen LogP contribution < -0.4 is 9.62 Å². The van der Waals surface area contributed by atoms with Crippen LogP contribution in [0.15, 0.2) is 46.0 Å². The molecule has 1 amide bonds. The molecule has 1 aliphatic rings. The molecule has 3 rings (SSSR count). The van der Waals surface area contributed by atoms with Gasteiger partial charge in [0, 0.05) is 12.2 Å². The van der Waals surface area contributed by atoms with Crippen LogP contribution in [0.2, 0.25) is 0 Å². The standard InChI is InChI=1S/C17H20N2O3S2/c1-12(2)16(18-24(21,22)15-8-5-11-23-15)17(20)19-10-9-13-6-3-4-7-14(13)19/h3-8,11-12,16,18H,9-10H2,1-2H3/t16-/m0/s1. The molecule has 7 heteroatoms. The van der Waals surface area contributed by atoms with E-state index in [1.807, 2.05) is 38.1 Å². The van der Waals surface area contributed by atoms with Crippen LogP contribution in [-0.2, 0) is 21.2 Å². The van der Waals surface area contributed by atoms with Crippen molar-refractivity contribution in [2.45, 2.75) is 30.5 Å². The number of carbonyl (C=O) groups excluding carboxylic acids is 1. The highest BCUT2D eigenvalue weighted by molar-refractivity contribution is 7.91. The van der Waals surface area contributed by atoms with Gasteiger partial charge in [-0.2, -0.15) is 4.72 Å². The van der Waals surface area contributed by atoms with Crippen LogP contribution in [0.25, 0.3) is 0 Å². The quantitative estimate of drug-likeness (QED) is 0.887. The zero-order valence-corrected chi connectivity index (χ0v) is 15.2. The van der Waals surface area contributed by atoms with Crippen molar-refractivity contribution < 1.29 is 13.2 Å². The predicted octanol–water partition coefficient (Wildman–Crippen LogP) is 2.64. The number of benzene rings is 1. The number of anilines is 1. The molecule has 1 aliphatic heterocycles. The first-order valence-corrected chi connectivity index (χ1v) is 10.2. The number of hydrogen-bond donors (Lipinski definition) is 1. The summed E-state index contributed by atoms with van der Waals surface area (Å²) >= 11 is 1.14. The molecule has 0 unspecified atom stereocenters. The van der Waals surface area contributed by atoms with Crippen molar-refractivity contribution in [3.63, 3.8) is 0 Å². The van der Waals surface area contributed by atoms with Crippen molar-refractivity contribution in [1.82, 2.24) is 4.72 Å². The summed E-state index contributed by atoms with van der Waals surface area (Å²) < 4.78 is 27.8. The molecule has 24 heavy (non-hydrogen) atoms. The number of nitrogens with zero attached hydrogens (tertiary/aromatic N) is 1. The normalized spacial score (nSPS) is 15.5. The Hall–Kier alpha value is -1.70. The van der Waals surface area contributed by atoms with E-state index >= 15 is 0 Å². The highest BCUT2D eigenvalue weighted by Crippen LogP contribution is 2.29. The van der Waals surface area contributed by atoms with Crippen LogP contribution in [0.1, 0.15) is 19.4 Å². The van der Waals surface area contributed by atoms with Gasteiger partial charge in [0.25, 0.3) is 10.0 Å². The SMILES string of the molecule is CC(C)[C@H](NS(=O)(=O)c1cccs1)C(=O)N1CCc2ccccc21. The molecular weight excluding hydrogens is 344 g/mol. The van der Waals surface area contributed by atoms with E-state index in [0.29, 0.717) is 6.54 Å². The van der Waals surface area contributed by atoms with Crippen molar-refractivity contribution >= 4 is 33.0 Å². The number of sulfonamides is 1. The lowest BCUT2D eigenvalue weighted by Crippen LogP contribution is -2.50. The zero-order valence-electron chi connectivity index (χ0n) is 13.6. The molecule has 2 aromatic rings. The fourth-order valence-electron chi connectivity index (χ4n) is 2.85. The van der Waals surface area contributed by atoms with Gasteiger partial charge in [-0.15, -0.1) is 11.3 Å². The van der Waals surface area contributed by atoms with E-state index in [0.717, 1.165) is 29.0 Å². The van der Waals surface area contributed by atoms with Crippen LogP contribution >= 0.6 is 11.3 Å². The number of carbonyl (C=O) groups is 1. The first-order chi connectivity index (χ1) is 11.4. The molecule has 2 heterocycles. The fraction of sp³-hybridized carbons (Fsp3) is 0.353. The molecule has 128 valence electrons. The lowest BCUT2D eigenvalue weighted by Gasteiger charge is -2.27. The Bertz CT molecular complexity index is 829. The third-order valence-corrected chi connectivity index (χ3v) is 6.97. The van der Waals surface area contributed by atoms with Crippen molar-refractivity contribution in [2.75, 3.05) is 11.4 Å². The monoisotopic (exact) mass is 364 g/mol. The Kier molecular flexibility index (Phi) is 4.76. The minimum atomic E-state index is -3.69. The van der Waals surface area contributed by atoms with Gasteiger partial charge >= 0.3 is 0 Å². The topological polar surface area (TPSA) is 66.5 Å². The van der Waals surface area contributed by atoms with Gasteiger partial charge in [0.15, 0.2) is 0 Å². The van der Waals surface area contributed by atoms with E-state index in [9.17, 15) is 13.2 Å². The number of amides is 1. The molecule has 1 N–H and O–H groups in total. The number of thiophene rings is 1. The molecule has 0 fully saturated rings. The highest BCUT2D eigenvalue weighted by Gasteiger charge is 2.34. The molecule has 0 aliphatic carbocycles. The van der Waals surface area contributed by atoms with Gasteiger partial charge in [0.05, 0.1) is 0 Å². The van der Waals surface area contributed by atoms with E-state index in [1.165, 1.54) is 0 Å². The predicted molar refractivity (Wildman–Crippen MR) is 95.8 cm³/mol. The maximum absolute atomic E-state index is 13.0. The Labute approximate surface area is 146 Å². The van der Waals surface area contributed by atoms with Crippen molar-refractivity contribution in [1.29, 1.82) is 0 Å². The average molecular weight is 364 g/mol. The van der Waals surface area contributed by atoms with Crippen LogP contribution in [0.4, 0.5) is 5.69 Å². The van der Waals surface area contributed by atoms with Crippen molar-refractivity contribution in [3.05, 3.63) is 47.3 Å². The number of para-hydroxylation sites is 1. The van der Waals surface area contributed by atoms with Crippen molar-refractivity contribution in [2.24, 2.45) is 5.92 Å². The summed E-state index contributed by atoms with van der Waals surface area (Å²) in [6.45, 7) is 4.28. The third-order valence-electron chi connectivity index (χ3n) is 4.13. The van der Waals surface area contributed by atoms with E-state index < -0.39 is 16.1 Å². The summed E-state index contributed by atoms with van der Waals surface area (Å²) in [5, 5.41) is 1.71. The summed E-state index contributed by atoms with van der Waals surface area (Å²) in [5.41, 5.74) is 2.00. The maximum Gasteiger partial charge on any atom is 0.250 e. The lowest BCUT2D eigenvalue weighted by atomic mass is 10.0. The van der Waals surface area contributed by atoms with E-state index in [2.05, 4.69) is 4.72 Å². The van der Waals surface area contributed by atoms with Gasteiger partial charge in [-0.25, -0.2) is 8.42 Å². The molecule has 0 spiro atoms. The minimum absolute atomic E-state index is 0.153. The summed E-state index contributed by atoms with van der Waals surface area (Å²) in [6, 6.07) is 10.2. The Morgan fingerprint density at radius 1 is 1.21 bits per heavy atom. The van der Waals surface area contributed by atoms with Gasteiger partial charge in [0.2, 0.25) is 5.91 Å². The second kappa shape index (κ2) is 6.66. The lowest BCUT2D eigenvalue weighted by molar-refractivity contribution is -0.121. The van der Waals surface area contributed by atoms with Gasteiger partial charge in [-0.05, 0) is 35.4 Å². The van der Waals surface area contributed by atoms with Gasteiger partial charge < -0.3 is 4.90 Å². The minimum Gasteiger partial charge on any atom is -0.310 e. The van der Waals surface area contributed by atoms with Gasteiger partial charge in [-0.1, -0.05) is 38.1 Å². The molecule has 1 aromatic carbocycles. The number of nitrogens with one attached hydrogen (secondary N) is 1. The molecular formula is C17H20N2O3S2. The highest BCUT2D eigenvalue weighted by atomic mass is 32.2. The molecule has 0 radical (unpaired) electrons. The van der Waals surface area contributed by atoms with Crippen LogP contribution in [0, 0.1) is 5.92 Å². The van der Waals surface area contributed by atoms with E-state index in [4.69, 9.17) is 0 Å². The summed E-state index contributed by atoms with van der Waals surface area (Å²) in [7, 11) is -3.69. The van der Waals surface area contributed by atoms with Crippen LogP contribution in [-0.4, -0.2) is 26.9 Å². The number of fused-ring (bicyclic) bond motifs is 1. The summed E-state index contributed by atoms with van der Waals surface area (Å²) in [5.74, 6) is -0.352. The van der Waals surface area contributed by atoms with E-state index in [1.54, 1.807) is 22.4 Å². The van der Waals surface area contributed by atoms with Gasteiger partial charge in [0.1, 0.15) is 10.3 Å². The van der Waals surface area contributed by atoms with Crippen LogP contribution in [0.3, 0.4) is 0 Å². The zero-order chi connectivity index (χ0) is 17.3. The fourth-order valence-corrected chi connectivity index (χ4v) is 5.20. The average Bonchev–Trinajstić information content (AvgIpc) is 3.21. The second-order valence-electron chi connectivity index (χ2n) is 6.14. The Balaban J connectivity index is 1.86. The third kappa shape index (κ3) is 3.24. The first kappa shape index (κ1) is 17.1. The largest absolute Gasteiger partial charge is 0.310 e. The summed E-state index contributed by atoms with van der Waals surface area (Å²) in [6.07, 6.45) is 0.796. The Morgan fingerprint density at radius 3 is 2.62 bits per heavy atom. The molecule has 1 aromatic heterocycles. The molecule has 0 bridgehead atoms. The number of rotatable bonds is 5. The summed E-state index contributed by atoms with van der Waals surface area (Å²) in [4.78, 5) is 14.7. The van der Waals surface area contributed by atoms with Crippen LogP contribution in [0.5, 0.6) is 0 Å². The number of hydrogen-bond acceptors (Lipinski definition) is 4. The van der Waals surface area contributed by atoms with Crippen molar-refractivity contribution in [3.8, 4) is 0 Å². The molecule has 1 atom stereocenters. The Morgan fingerprint density at radius 2 is 1.96 bits per heavy atom. The molecule has 0 saturated heterocycles. The van der Waals surface area contributed by atoms with E-state index in [-0.39, 0.29) is 16.0 Å². The molecule has 0 saturated carbocycles. The molecule has 5 nitrogen and oxygen atoms in total. The second-order valence-corrected chi connectivity index (χ2v) is 9.03. The van der Waals surface area contributed by atoms with Gasteiger partial charge in [-0.3, -0.25) is 4.79 Å². The smallest absolute Gasteiger partial charge is 0.250 e. The maximum atomic E-state index is 13.0.